The van der Waals surface area contributed by atoms with E-state index in [0.29, 0.717) is 6.42 Å². The number of carbonyl (C=O) groups is 2. The first-order valence-electron chi connectivity index (χ1n) is 8.45. The average molecular weight is 332 g/mol. The Morgan fingerprint density at radius 2 is 1.59 bits per heavy atom. The minimum absolute atomic E-state index is 0. The van der Waals surface area contributed by atoms with Crippen molar-refractivity contribution < 1.29 is 9.59 Å². The van der Waals surface area contributed by atoms with Crippen molar-refractivity contribution in [3.63, 3.8) is 0 Å². The van der Waals surface area contributed by atoms with E-state index in [0.717, 1.165) is 38.0 Å². The molecule has 0 heterocycles. The van der Waals surface area contributed by atoms with Crippen LogP contribution in [0.1, 0.15) is 64.2 Å². The van der Waals surface area contributed by atoms with Gasteiger partial charge in [-0.25, -0.2) is 0 Å². The van der Waals surface area contributed by atoms with E-state index >= 15 is 0 Å². The average Bonchev–Trinajstić information content (AvgIpc) is 2.99. The quantitative estimate of drug-likeness (QED) is 0.694. The van der Waals surface area contributed by atoms with Gasteiger partial charge in [-0.15, -0.1) is 12.4 Å². The van der Waals surface area contributed by atoms with Gasteiger partial charge in [-0.1, -0.05) is 25.7 Å². The zero-order valence-corrected chi connectivity index (χ0v) is 14.1. The van der Waals surface area contributed by atoms with Crippen LogP contribution in [-0.2, 0) is 9.59 Å². The Balaban J connectivity index is 0.00000242. The highest BCUT2D eigenvalue weighted by molar-refractivity contribution is 5.85. The first-order chi connectivity index (χ1) is 10.1. The molecule has 0 saturated heterocycles. The lowest BCUT2D eigenvalue weighted by atomic mass is 9.92. The molecule has 0 radical (unpaired) electrons. The minimum Gasteiger partial charge on any atom is -0.352 e. The second kappa shape index (κ2) is 10.1. The molecular weight excluding hydrogens is 302 g/mol. The van der Waals surface area contributed by atoms with E-state index in [2.05, 4.69) is 10.6 Å². The third kappa shape index (κ3) is 6.97. The largest absolute Gasteiger partial charge is 0.352 e. The van der Waals surface area contributed by atoms with Crippen LogP contribution in [0.4, 0.5) is 0 Å². The summed E-state index contributed by atoms with van der Waals surface area (Å²) in [4.78, 5) is 23.5. The third-order valence-electron chi connectivity index (χ3n) is 4.84. The van der Waals surface area contributed by atoms with E-state index in [1.165, 1.54) is 25.7 Å². The van der Waals surface area contributed by atoms with Gasteiger partial charge in [0, 0.05) is 18.5 Å². The monoisotopic (exact) mass is 331 g/mol. The predicted octanol–water partition coefficient (Wildman–Crippen LogP) is 1.88. The van der Waals surface area contributed by atoms with Crippen molar-refractivity contribution in [1.29, 1.82) is 0 Å². The number of halogens is 1. The smallest absolute Gasteiger partial charge is 0.239 e. The van der Waals surface area contributed by atoms with Crippen LogP contribution in [0.5, 0.6) is 0 Å². The van der Waals surface area contributed by atoms with E-state index in [1.807, 2.05) is 0 Å². The van der Waals surface area contributed by atoms with Gasteiger partial charge in [0.25, 0.3) is 0 Å². The molecule has 0 spiro atoms. The number of nitrogens with one attached hydrogen (secondary N) is 2. The zero-order chi connectivity index (χ0) is 15.1. The maximum absolute atomic E-state index is 11.8. The van der Waals surface area contributed by atoms with E-state index in [-0.39, 0.29) is 42.8 Å². The highest BCUT2D eigenvalue weighted by Crippen LogP contribution is 2.28. The summed E-state index contributed by atoms with van der Waals surface area (Å²) in [5.41, 5.74) is 5.84. The fraction of sp³-hybridized carbons (Fsp3) is 0.875. The summed E-state index contributed by atoms with van der Waals surface area (Å²) >= 11 is 0. The molecule has 0 atom stereocenters. The Hall–Kier alpha value is -0.810. The summed E-state index contributed by atoms with van der Waals surface area (Å²) in [5, 5.41) is 5.71. The maximum atomic E-state index is 11.8. The molecule has 0 bridgehead atoms. The molecule has 128 valence electrons. The molecule has 5 nitrogen and oxygen atoms in total. The standard InChI is InChI=1S/C16H29N3O2.ClH/c17-13-6-8-14(9-7-13)19-16(21)11-18-15(20)10-5-12-3-1-2-4-12;/h12-14H,1-11,17H2,(H,18,20)(H,19,21);1H. The van der Waals surface area contributed by atoms with Crippen LogP contribution in [0.3, 0.4) is 0 Å². The van der Waals surface area contributed by atoms with Gasteiger partial charge in [0.05, 0.1) is 6.54 Å². The fourth-order valence-electron chi connectivity index (χ4n) is 3.44. The molecule has 2 aliphatic rings. The highest BCUT2D eigenvalue weighted by Gasteiger charge is 2.20. The van der Waals surface area contributed by atoms with Crippen LogP contribution >= 0.6 is 12.4 Å². The van der Waals surface area contributed by atoms with Crippen LogP contribution in [0.2, 0.25) is 0 Å². The highest BCUT2D eigenvalue weighted by atomic mass is 35.5. The van der Waals surface area contributed by atoms with Gasteiger partial charge in [0.2, 0.25) is 11.8 Å². The first-order valence-corrected chi connectivity index (χ1v) is 8.45. The van der Waals surface area contributed by atoms with Crippen LogP contribution in [-0.4, -0.2) is 30.4 Å². The second-order valence-electron chi connectivity index (χ2n) is 6.65. The van der Waals surface area contributed by atoms with Gasteiger partial charge in [-0.05, 0) is 38.0 Å². The Morgan fingerprint density at radius 1 is 0.955 bits per heavy atom. The van der Waals surface area contributed by atoms with Gasteiger partial charge in [-0.2, -0.15) is 0 Å². The summed E-state index contributed by atoms with van der Waals surface area (Å²) in [7, 11) is 0. The Labute approximate surface area is 139 Å². The van der Waals surface area contributed by atoms with Crippen molar-refractivity contribution in [2.24, 2.45) is 11.7 Å². The summed E-state index contributed by atoms with van der Waals surface area (Å²) in [6.07, 6.45) is 10.5. The number of hydrogen-bond donors (Lipinski definition) is 3. The molecule has 2 saturated carbocycles. The van der Waals surface area contributed by atoms with Crippen molar-refractivity contribution in [3.8, 4) is 0 Å². The summed E-state index contributed by atoms with van der Waals surface area (Å²) in [5.74, 6) is 0.642. The van der Waals surface area contributed by atoms with Crippen LogP contribution in [0, 0.1) is 5.92 Å². The fourth-order valence-corrected chi connectivity index (χ4v) is 3.44. The Morgan fingerprint density at radius 3 is 2.23 bits per heavy atom. The maximum Gasteiger partial charge on any atom is 0.239 e. The van der Waals surface area contributed by atoms with Gasteiger partial charge in [0.15, 0.2) is 0 Å². The Bertz CT molecular complexity index is 351. The van der Waals surface area contributed by atoms with E-state index in [1.54, 1.807) is 0 Å². The molecule has 0 unspecified atom stereocenters. The second-order valence-corrected chi connectivity index (χ2v) is 6.65. The third-order valence-corrected chi connectivity index (χ3v) is 4.84. The van der Waals surface area contributed by atoms with Crippen molar-refractivity contribution in [2.45, 2.75) is 76.3 Å². The molecule has 0 aromatic carbocycles. The van der Waals surface area contributed by atoms with Crippen molar-refractivity contribution >= 4 is 24.2 Å². The van der Waals surface area contributed by atoms with Gasteiger partial charge in [-0.3, -0.25) is 9.59 Å². The molecule has 2 fully saturated rings. The summed E-state index contributed by atoms with van der Waals surface area (Å²) in [6.45, 7) is 0.103. The lowest BCUT2D eigenvalue weighted by Gasteiger charge is -2.26. The van der Waals surface area contributed by atoms with Gasteiger partial charge >= 0.3 is 0 Å². The SMILES string of the molecule is Cl.NC1CCC(NC(=O)CNC(=O)CCC2CCCC2)CC1. The van der Waals surface area contributed by atoms with E-state index in [9.17, 15) is 9.59 Å². The van der Waals surface area contributed by atoms with Crippen molar-refractivity contribution in [3.05, 3.63) is 0 Å². The molecule has 22 heavy (non-hydrogen) atoms. The lowest BCUT2D eigenvalue weighted by Crippen LogP contribution is -2.44. The predicted molar refractivity (Wildman–Crippen MR) is 89.8 cm³/mol. The molecule has 4 N–H and O–H groups in total. The van der Waals surface area contributed by atoms with Crippen molar-refractivity contribution in [2.75, 3.05) is 6.54 Å². The zero-order valence-electron chi connectivity index (χ0n) is 13.3. The number of nitrogens with two attached hydrogens (primary N) is 1. The Kier molecular flexibility index (Phi) is 8.79. The molecule has 0 aromatic rings. The van der Waals surface area contributed by atoms with Gasteiger partial charge < -0.3 is 16.4 Å². The summed E-state index contributed by atoms with van der Waals surface area (Å²) < 4.78 is 0. The molecule has 2 rings (SSSR count). The number of carbonyl (C=O) groups excluding carboxylic acids is 2. The van der Waals surface area contributed by atoms with Crippen LogP contribution < -0.4 is 16.4 Å². The van der Waals surface area contributed by atoms with Crippen LogP contribution in [0.15, 0.2) is 0 Å². The van der Waals surface area contributed by atoms with E-state index in [4.69, 9.17) is 5.73 Å². The molecular formula is C16H30ClN3O2. The molecule has 0 aromatic heterocycles. The van der Waals surface area contributed by atoms with Gasteiger partial charge in [0.1, 0.15) is 0 Å². The first kappa shape index (κ1) is 19.2. The van der Waals surface area contributed by atoms with Crippen LogP contribution in [0.25, 0.3) is 0 Å². The number of amides is 2. The molecule has 6 heteroatoms. The topological polar surface area (TPSA) is 84.2 Å². The number of hydrogen-bond acceptors (Lipinski definition) is 3. The van der Waals surface area contributed by atoms with E-state index < -0.39 is 0 Å². The lowest BCUT2D eigenvalue weighted by molar-refractivity contribution is -0.126. The molecule has 0 aliphatic heterocycles. The molecule has 2 amide bonds. The minimum atomic E-state index is -0.0790. The molecule has 2 aliphatic carbocycles. The number of rotatable bonds is 6. The summed E-state index contributed by atoms with van der Waals surface area (Å²) in [6, 6.07) is 0.515. The normalized spacial score (nSPS) is 25.3. The van der Waals surface area contributed by atoms with Crippen molar-refractivity contribution in [1.82, 2.24) is 10.6 Å².